The lowest BCUT2D eigenvalue weighted by molar-refractivity contribution is -0.106. The topological polar surface area (TPSA) is 120 Å². The number of H-pyrrole nitrogens is 1. The molecule has 1 aromatic heterocycles. The van der Waals surface area contributed by atoms with E-state index in [9.17, 15) is 14.7 Å². The van der Waals surface area contributed by atoms with Gasteiger partial charge in [0, 0.05) is 36.8 Å². The van der Waals surface area contributed by atoms with Crippen molar-refractivity contribution in [2.45, 2.75) is 70.3 Å². The predicted octanol–water partition coefficient (Wildman–Crippen LogP) is 2.88. The van der Waals surface area contributed by atoms with Gasteiger partial charge in [-0.3, -0.25) is 14.4 Å². The zero-order chi connectivity index (χ0) is 27.0. The average molecular weight is 521 g/mol. The molecule has 0 spiro atoms. The van der Waals surface area contributed by atoms with E-state index in [2.05, 4.69) is 29.5 Å². The first-order valence-corrected chi connectivity index (χ1v) is 14.0. The second-order valence-corrected chi connectivity index (χ2v) is 11.7. The second-order valence-electron chi connectivity index (χ2n) is 11.7. The zero-order valence-corrected chi connectivity index (χ0v) is 22.5. The van der Waals surface area contributed by atoms with Crippen LogP contribution in [0.4, 0.5) is 0 Å². The quantitative estimate of drug-likeness (QED) is 0.536. The first-order chi connectivity index (χ1) is 18.3. The highest BCUT2D eigenvalue weighted by molar-refractivity contribution is 5.94. The number of carbonyl (C=O) groups is 2. The maximum atomic E-state index is 13.1. The number of phenols is 1. The molecule has 2 aliphatic heterocycles. The van der Waals surface area contributed by atoms with Crippen LogP contribution in [0.1, 0.15) is 71.8 Å². The maximum absolute atomic E-state index is 13.1. The molecule has 2 saturated heterocycles. The lowest BCUT2D eigenvalue weighted by Crippen LogP contribution is -2.59. The molecule has 8 nitrogen and oxygen atoms in total. The second kappa shape index (κ2) is 10.6. The number of hydrogen-bond donors (Lipinski definition) is 3. The molecule has 2 aliphatic carbocycles. The Morgan fingerprint density at radius 1 is 1.21 bits per heavy atom. The number of nitrogens with zero attached hydrogens (tertiary/aromatic N) is 2. The van der Waals surface area contributed by atoms with Crippen molar-refractivity contribution < 1.29 is 14.7 Å². The van der Waals surface area contributed by atoms with Crippen LogP contribution >= 0.6 is 0 Å². The summed E-state index contributed by atoms with van der Waals surface area (Å²) in [6.45, 7) is 8.19. The molecule has 38 heavy (non-hydrogen) atoms. The molecule has 3 heterocycles. The minimum Gasteiger partial charge on any atom is -0.508 e. The molecule has 4 aliphatic rings. The maximum Gasteiger partial charge on any atom is 0.261 e. The number of fused-ring (bicyclic) bond motifs is 2. The number of primary amides is 1. The summed E-state index contributed by atoms with van der Waals surface area (Å²) in [5.41, 5.74) is 8.55. The minimum atomic E-state index is -0.263. The van der Waals surface area contributed by atoms with E-state index in [0.29, 0.717) is 23.3 Å². The van der Waals surface area contributed by atoms with E-state index in [4.69, 9.17) is 4.79 Å². The van der Waals surface area contributed by atoms with E-state index in [1.165, 1.54) is 30.5 Å². The Labute approximate surface area is 224 Å². The van der Waals surface area contributed by atoms with Gasteiger partial charge in [-0.1, -0.05) is 6.07 Å². The molecular weight excluding hydrogens is 480 g/mol. The van der Waals surface area contributed by atoms with E-state index in [1.54, 1.807) is 6.07 Å². The Morgan fingerprint density at radius 2 is 1.92 bits per heavy atom. The van der Waals surface area contributed by atoms with Crippen molar-refractivity contribution in [1.29, 1.82) is 0 Å². The normalized spacial score (nSPS) is 26.6. The van der Waals surface area contributed by atoms with Gasteiger partial charge in [0.2, 0.25) is 6.41 Å². The summed E-state index contributed by atoms with van der Waals surface area (Å²) in [4.78, 5) is 42.4. The summed E-state index contributed by atoms with van der Waals surface area (Å²) in [7, 11) is 0. The fourth-order valence-electron chi connectivity index (χ4n) is 7.25. The number of hydrogen-bond acceptors (Lipinski definition) is 5. The number of rotatable bonds is 4. The van der Waals surface area contributed by atoms with Crippen molar-refractivity contribution in [3.63, 3.8) is 0 Å². The smallest absolute Gasteiger partial charge is 0.261 e. The summed E-state index contributed by atoms with van der Waals surface area (Å²) in [6.07, 6.45) is 7.55. The number of piperidine rings is 1. The Morgan fingerprint density at radius 3 is 2.61 bits per heavy atom. The van der Waals surface area contributed by atoms with Crippen LogP contribution in [0.25, 0.3) is 0 Å². The van der Waals surface area contributed by atoms with Gasteiger partial charge in [0.1, 0.15) is 11.3 Å². The van der Waals surface area contributed by atoms with Crippen LogP contribution in [0.3, 0.4) is 0 Å². The molecule has 1 saturated carbocycles. The van der Waals surface area contributed by atoms with Gasteiger partial charge in [-0.2, -0.15) is 0 Å². The molecule has 1 aromatic carbocycles. The van der Waals surface area contributed by atoms with Gasteiger partial charge in [0.15, 0.2) is 0 Å². The number of phenolic OH excluding ortho intramolecular Hbond substituents is 1. The van der Waals surface area contributed by atoms with Crippen LogP contribution in [0.2, 0.25) is 0 Å². The summed E-state index contributed by atoms with van der Waals surface area (Å²) >= 11 is 0. The van der Waals surface area contributed by atoms with Crippen molar-refractivity contribution in [2.75, 3.05) is 26.2 Å². The number of amides is 2. The van der Waals surface area contributed by atoms with Gasteiger partial charge in [-0.15, -0.1) is 0 Å². The summed E-state index contributed by atoms with van der Waals surface area (Å²) in [5.74, 6) is 1.37. The van der Waals surface area contributed by atoms with Gasteiger partial charge in [0.25, 0.3) is 11.5 Å². The van der Waals surface area contributed by atoms with Crippen molar-refractivity contribution in [3.8, 4) is 5.75 Å². The van der Waals surface area contributed by atoms with Gasteiger partial charge in [-0.05, 0) is 112 Å². The SMILES string of the molecule is Cc1ccc(O)cc1C12CCN(CC3CC3)C(C)C1Cc1cc(C(=O)N3CCCC3)c(=O)[nH]c1C2.NC=O. The first-order valence-electron chi connectivity index (χ1n) is 14.0. The summed E-state index contributed by atoms with van der Waals surface area (Å²) in [5, 5.41) is 10.4. The lowest BCUT2D eigenvalue weighted by atomic mass is 9.55. The largest absolute Gasteiger partial charge is 0.508 e. The molecule has 8 heteroatoms. The van der Waals surface area contributed by atoms with Crippen LogP contribution in [0.15, 0.2) is 29.1 Å². The van der Waals surface area contributed by atoms with Gasteiger partial charge in [-0.25, -0.2) is 0 Å². The minimum absolute atomic E-state index is 0.126. The zero-order valence-electron chi connectivity index (χ0n) is 22.5. The van der Waals surface area contributed by atoms with Crippen molar-refractivity contribution in [1.82, 2.24) is 14.8 Å². The van der Waals surface area contributed by atoms with Crippen LogP contribution in [-0.4, -0.2) is 64.4 Å². The van der Waals surface area contributed by atoms with Gasteiger partial charge >= 0.3 is 0 Å². The average Bonchev–Trinajstić information content (AvgIpc) is 3.54. The fourth-order valence-corrected chi connectivity index (χ4v) is 7.25. The predicted molar refractivity (Wildman–Crippen MR) is 146 cm³/mol. The number of nitrogens with two attached hydrogens (primary N) is 1. The number of aromatic amines is 1. The monoisotopic (exact) mass is 520 g/mol. The number of carbonyl (C=O) groups excluding carboxylic acids is 2. The molecule has 3 fully saturated rings. The number of nitrogens with one attached hydrogen (secondary N) is 1. The molecule has 0 radical (unpaired) electrons. The third-order valence-corrected chi connectivity index (χ3v) is 9.43. The number of aromatic nitrogens is 1. The molecule has 6 rings (SSSR count). The molecular formula is C30H40N4O4. The third kappa shape index (κ3) is 4.86. The van der Waals surface area contributed by atoms with Crippen LogP contribution in [0.5, 0.6) is 5.75 Å². The number of aromatic hydroxyl groups is 1. The van der Waals surface area contributed by atoms with E-state index in [0.717, 1.165) is 68.9 Å². The van der Waals surface area contributed by atoms with Crippen molar-refractivity contribution in [3.05, 3.63) is 62.6 Å². The standard InChI is InChI=1S/C29H37N3O3.CH3NO/c1-18-5-8-22(33)15-24(18)29-9-12-32(17-20-6-7-20)19(2)25(29)14-21-13-23(27(34)30-26(21)16-29)28(35)31-10-3-4-11-31;2-1-3/h5,8,13,15,19-20,25,33H,3-4,6-7,9-12,14,16-17H2,1-2H3,(H,30,34);1H,(H2,2,3). The van der Waals surface area contributed by atoms with Gasteiger partial charge < -0.3 is 25.6 Å². The molecule has 3 unspecified atom stereocenters. The molecule has 4 N–H and O–H groups in total. The Bertz CT molecular complexity index is 1260. The molecule has 2 aromatic rings. The molecule has 2 amide bonds. The Balaban J connectivity index is 0.000000937. The molecule has 204 valence electrons. The van der Waals surface area contributed by atoms with Crippen molar-refractivity contribution >= 4 is 12.3 Å². The van der Waals surface area contributed by atoms with Crippen LogP contribution < -0.4 is 11.3 Å². The highest BCUT2D eigenvalue weighted by Gasteiger charge is 2.51. The van der Waals surface area contributed by atoms with E-state index >= 15 is 0 Å². The first kappa shape index (κ1) is 26.5. The number of likely N-dealkylation sites (tertiary alicyclic amines) is 2. The number of aryl methyl sites for hydroxylation is 1. The highest BCUT2D eigenvalue weighted by Crippen LogP contribution is 2.51. The Hall–Kier alpha value is -3.13. The summed E-state index contributed by atoms with van der Waals surface area (Å²) < 4.78 is 0. The van der Waals surface area contributed by atoms with E-state index in [1.807, 2.05) is 23.1 Å². The van der Waals surface area contributed by atoms with Crippen molar-refractivity contribution in [2.24, 2.45) is 17.6 Å². The van der Waals surface area contributed by atoms with Gasteiger partial charge in [0.05, 0.1) is 0 Å². The van der Waals surface area contributed by atoms with E-state index in [-0.39, 0.29) is 23.3 Å². The van der Waals surface area contributed by atoms with Crippen LogP contribution in [0, 0.1) is 18.8 Å². The number of pyridine rings is 1. The Kier molecular flexibility index (Phi) is 7.36. The fraction of sp³-hybridized carbons (Fsp3) is 0.567. The summed E-state index contributed by atoms with van der Waals surface area (Å²) in [6, 6.07) is 8.04. The molecule has 0 bridgehead atoms. The highest BCUT2D eigenvalue weighted by atomic mass is 16.3. The lowest BCUT2D eigenvalue weighted by Gasteiger charge is -2.55. The van der Waals surface area contributed by atoms with E-state index < -0.39 is 0 Å². The third-order valence-electron chi connectivity index (χ3n) is 9.43. The van der Waals surface area contributed by atoms with Crippen LogP contribution in [-0.2, 0) is 23.1 Å². The number of benzene rings is 1. The molecule has 3 atom stereocenters.